The Morgan fingerprint density at radius 3 is 1.30 bits per heavy atom. The first-order chi connectivity index (χ1) is 4.46. The molecule has 0 aromatic carbocycles. The first-order valence-electron chi connectivity index (χ1n) is 2.33. The fraction of sp³-hybridized carbons (Fsp3) is 0.500. The molecule has 0 aromatic rings. The van der Waals surface area contributed by atoms with E-state index in [0.29, 0.717) is 0 Å². The van der Waals surface area contributed by atoms with Crippen molar-refractivity contribution in [3.05, 3.63) is 0 Å². The first-order valence-corrected chi connectivity index (χ1v) is 4.82. The van der Waals surface area contributed by atoms with E-state index in [1.54, 1.807) is 45.2 Å². The van der Waals surface area contributed by atoms with Gasteiger partial charge in [-0.05, 0) is 0 Å². The second kappa shape index (κ2) is 4.31. The number of carbonyl (C=O) groups is 2. The van der Waals surface area contributed by atoms with Crippen LogP contribution in [-0.2, 0) is 9.59 Å². The highest BCUT2D eigenvalue weighted by molar-refractivity contribution is 14.1. The Labute approximate surface area is 85.4 Å². The molecule has 0 heterocycles. The highest BCUT2D eigenvalue weighted by atomic mass is 127. The highest BCUT2D eigenvalue weighted by Gasteiger charge is 2.25. The molecule has 10 heavy (non-hydrogen) atoms. The van der Waals surface area contributed by atoms with E-state index in [9.17, 15) is 9.59 Å². The lowest BCUT2D eigenvalue weighted by Crippen LogP contribution is -2.38. The SMILES string of the molecule is NC(=O)C(I)C(I)C(N)=O. The molecule has 0 rings (SSSR count). The molecular weight excluding hydrogens is 362 g/mol. The highest BCUT2D eigenvalue weighted by Crippen LogP contribution is 2.14. The van der Waals surface area contributed by atoms with E-state index in [4.69, 9.17) is 11.5 Å². The zero-order valence-corrected chi connectivity index (χ0v) is 9.20. The van der Waals surface area contributed by atoms with E-state index in [-0.39, 0.29) is 0 Å². The average Bonchev–Trinajstić information content (AvgIpc) is 1.84. The Morgan fingerprint density at radius 2 is 1.20 bits per heavy atom. The number of carbonyl (C=O) groups excluding carboxylic acids is 2. The van der Waals surface area contributed by atoms with Crippen LogP contribution >= 0.6 is 45.2 Å². The molecule has 0 aliphatic carbocycles. The van der Waals surface area contributed by atoms with Crippen molar-refractivity contribution in [2.24, 2.45) is 11.5 Å². The summed E-state index contributed by atoms with van der Waals surface area (Å²) in [6.45, 7) is 0. The second-order valence-corrected chi connectivity index (χ2v) is 4.29. The number of nitrogens with two attached hydrogens (primary N) is 2. The molecule has 0 radical (unpaired) electrons. The van der Waals surface area contributed by atoms with Crippen molar-refractivity contribution in [3.8, 4) is 0 Å². The number of halogens is 2. The van der Waals surface area contributed by atoms with Crippen molar-refractivity contribution in [2.75, 3.05) is 0 Å². The molecular formula is C4H6I2N2O2. The third-order valence-electron chi connectivity index (χ3n) is 0.801. The number of rotatable bonds is 3. The van der Waals surface area contributed by atoms with Crippen molar-refractivity contribution in [3.63, 3.8) is 0 Å². The predicted octanol–water partition coefficient (Wildman–Crippen LogP) is -0.436. The van der Waals surface area contributed by atoms with Crippen molar-refractivity contribution in [1.29, 1.82) is 0 Å². The van der Waals surface area contributed by atoms with Gasteiger partial charge in [0.25, 0.3) is 0 Å². The molecule has 2 unspecified atom stereocenters. The van der Waals surface area contributed by atoms with E-state index >= 15 is 0 Å². The fourth-order valence-electron chi connectivity index (χ4n) is 0.288. The summed E-state index contributed by atoms with van der Waals surface area (Å²) in [6.07, 6.45) is 0. The van der Waals surface area contributed by atoms with Crippen LogP contribution in [0, 0.1) is 0 Å². The maximum Gasteiger partial charge on any atom is 0.232 e. The van der Waals surface area contributed by atoms with Gasteiger partial charge in [-0.3, -0.25) is 9.59 Å². The molecule has 0 saturated carbocycles. The molecule has 58 valence electrons. The summed E-state index contributed by atoms with van der Waals surface area (Å²) in [7, 11) is 0. The van der Waals surface area contributed by atoms with Gasteiger partial charge >= 0.3 is 0 Å². The maximum absolute atomic E-state index is 10.4. The van der Waals surface area contributed by atoms with Gasteiger partial charge in [0.15, 0.2) is 0 Å². The van der Waals surface area contributed by atoms with Crippen LogP contribution < -0.4 is 11.5 Å². The molecule has 4 nitrogen and oxygen atoms in total. The topological polar surface area (TPSA) is 86.2 Å². The summed E-state index contributed by atoms with van der Waals surface area (Å²) < 4.78 is -1.04. The van der Waals surface area contributed by atoms with Gasteiger partial charge in [0.1, 0.15) is 7.85 Å². The third kappa shape index (κ3) is 2.99. The average molecular weight is 368 g/mol. The minimum atomic E-state index is -0.518. The normalized spacial score (nSPS) is 15.8. The smallest absolute Gasteiger partial charge is 0.232 e. The molecule has 0 saturated heterocycles. The van der Waals surface area contributed by atoms with Crippen LogP contribution in [0.3, 0.4) is 0 Å². The Kier molecular flexibility index (Phi) is 4.49. The van der Waals surface area contributed by atoms with Crippen LogP contribution in [0.15, 0.2) is 0 Å². The van der Waals surface area contributed by atoms with Gasteiger partial charge in [-0.15, -0.1) is 0 Å². The van der Waals surface area contributed by atoms with Gasteiger partial charge in [0.05, 0.1) is 0 Å². The van der Waals surface area contributed by atoms with Gasteiger partial charge in [-0.1, -0.05) is 45.2 Å². The zero-order chi connectivity index (χ0) is 8.31. The van der Waals surface area contributed by atoms with E-state index in [0.717, 1.165) is 0 Å². The minimum absolute atomic E-state index is 0.515. The summed E-state index contributed by atoms with van der Waals surface area (Å²) in [6, 6.07) is 0. The summed E-state index contributed by atoms with van der Waals surface area (Å²) >= 11 is 3.58. The number of hydrogen-bond donors (Lipinski definition) is 2. The maximum atomic E-state index is 10.4. The zero-order valence-electron chi connectivity index (χ0n) is 4.88. The van der Waals surface area contributed by atoms with E-state index in [1.165, 1.54) is 0 Å². The van der Waals surface area contributed by atoms with Crippen LogP contribution in [0.1, 0.15) is 0 Å². The molecule has 2 amide bonds. The first kappa shape index (κ1) is 10.4. The second-order valence-electron chi connectivity index (χ2n) is 1.61. The largest absolute Gasteiger partial charge is 0.369 e. The standard InChI is InChI=1S/C4H6I2N2O2/c5-1(3(7)9)2(6)4(8)10/h1-2H,(H2,7,9)(H2,8,10). The Balaban J connectivity index is 4.07. The fourth-order valence-corrected chi connectivity index (χ4v) is 0.997. The van der Waals surface area contributed by atoms with E-state index in [2.05, 4.69) is 0 Å². The molecule has 0 aromatic heterocycles. The number of alkyl halides is 2. The monoisotopic (exact) mass is 368 g/mol. The molecule has 0 aliphatic rings. The lowest BCUT2D eigenvalue weighted by Gasteiger charge is -2.08. The molecule has 0 aliphatic heterocycles. The number of primary amides is 2. The molecule has 0 spiro atoms. The van der Waals surface area contributed by atoms with Gasteiger partial charge < -0.3 is 11.5 Å². The van der Waals surface area contributed by atoms with Gasteiger partial charge in [-0.2, -0.15) is 0 Å². The van der Waals surface area contributed by atoms with Crippen LogP contribution in [0.25, 0.3) is 0 Å². The van der Waals surface area contributed by atoms with E-state index in [1.807, 2.05) is 0 Å². The molecule has 0 fully saturated rings. The van der Waals surface area contributed by atoms with Gasteiger partial charge in [0.2, 0.25) is 11.8 Å². The number of hydrogen-bond acceptors (Lipinski definition) is 2. The summed E-state index contributed by atoms with van der Waals surface area (Å²) in [5, 5.41) is 0. The quantitative estimate of drug-likeness (QED) is 0.523. The minimum Gasteiger partial charge on any atom is -0.369 e. The third-order valence-corrected chi connectivity index (χ3v) is 4.84. The lowest BCUT2D eigenvalue weighted by atomic mass is 10.3. The van der Waals surface area contributed by atoms with Crippen LogP contribution in [0.2, 0.25) is 0 Å². The number of amides is 2. The Bertz CT molecular complexity index is 143. The molecule has 2 atom stereocenters. The Morgan fingerprint density at radius 1 is 1.00 bits per heavy atom. The van der Waals surface area contributed by atoms with Crippen molar-refractivity contribution < 1.29 is 9.59 Å². The summed E-state index contributed by atoms with van der Waals surface area (Å²) in [5.74, 6) is -1.03. The summed E-state index contributed by atoms with van der Waals surface area (Å²) in [5.41, 5.74) is 9.83. The van der Waals surface area contributed by atoms with Gasteiger partial charge in [-0.25, -0.2) is 0 Å². The van der Waals surface area contributed by atoms with Crippen LogP contribution in [-0.4, -0.2) is 19.7 Å². The van der Waals surface area contributed by atoms with Gasteiger partial charge in [0, 0.05) is 0 Å². The van der Waals surface area contributed by atoms with Crippen molar-refractivity contribution in [1.82, 2.24) is 0 Å². The predicted molar refractivity (Wildman–Crippen MR) is 54.0 cm³/mol. The van der Waals surface area contributed by atoms with E-state index < -0.39 is 19.7 Å². The lowest BCUT2D eigenvalue weighted by molar-refractivity contribution is -0.121. The van der Waals surface area contributed by atoms with Crippen molar-refractivity contribution >= 4 is 57.0 Å². The Hall–Kier alpha value is 0.400. The molecule has 6 heteroatoms. The van der Waals surface area contributed by atoms with Crippen LogP contribution in [0.5, 0.6) is 0 Å². The van der Waals surface area contributed by atoms with Crippen molar-refractivity contribution in [2.45, 2.75) is 7.85 Å². The molecule has 4 N–H and O–H groups in total. The summed E-state index contributed by atoms with van der Waals surface area (Å²) in [4.78, 5) is 20.9. The molecule has 0 bridgehead atoms. The van der Waals surface area contributed by atoms with Crippen LogP contribution in [0.4, 0.5) is 0 Å².